The Hall–Kier alpha value is -2.50. The van der Waals surface area contributed by atoms with Gasteiger partial charge in [0.2, 0.25) is 0 Å². The zero-order valence-electron chi connectivity index (χ0n) is 26.9. The first-order chi connectivity index (χ1) is 20.1. The van der Waals surface area contributed by atoms with Crippen molar-refractivity contribution in [2.75, 3.05) is 0 Å². The third-order valence-corrected chi connectivity index (χ3v) is 14.7. The molecule has 43 heavy (non-hydrogen) atoms. The molecule has 1 aromatic heterocycles. The van der Waals surface area contributed by atoms with Crippen LogP contribution in [-0.4, -0.2) is 20.9 Å². The summed E-state index contributed by atoms with van der Waals surface area (Å²) in [5.41, 5.74) is 3.32. The summed E-state index contributed by atoms with van der Waals surface area (Å²) in [5, 5.41) is 15.4. The highest BCUT2D eigenvalue weighted by molar-refractivity contribution is 5.76. The largest absolute Gasteiger partial charge is 0.481 e. The van der Waals surface area contributed by atoms with Gasteiger partial charge in [-0.1, -0.05) is 60.1 Å². The second kappa shape index (κ2) is 9.03. The van der Waals surface area contributed by atoms with E-state index in [-0.39, 0.29) is 27.6 Å². The topological polar surface area (TPSA) is 55.1 Å². The van der Waals surface area contributed by atoms with Gasteiger partial charge in [0.25, 0.3) is 0 Å². The molecular weight excluding hydrogens is 542 g/mol. The number of carboxylic acid groups (broad SMARTS) is 1. The molecule has 232 valence electrons. The van der Waals surface area contributed by atoms with Crippen molar-refractivity contribution < 1.29 is 18.7 Å². The molecule has 3 fully saturated rings. The van der Waals surface area contributed by atoms with Crippen LogP contribution in [0.2, 0.25) is 0 Å². The van der Waals surface area contributed by atoms with Crippen molar-refractivity contribution in [3.05, 3.63) is 58.9 Å². The monoisotopic (exact) mass is 590 g/mol. The van der Waals surface area contributed by atoms with Gasteiger partial charge in [-0.3, -0.25) is 4.79 Å². The van der Waals surface area contributed by atoms with Crippen LogP contribution in [0.3, 0.4) is 0 Å². The van der Waals surface area contributed by atoms with E-state index >= 15 is 0 Å². The first-order valence-corrected chi connectivity index (χ1v) is 16.6. The molecule has 3 saturated carbocycles. The molecule has 0 aliphatic heterocycles. The van der Waals surface area contributed by atoms with Crippen molar-refractivity contribution in [1.82, 2.24) is 9.78 Å². The Labute approximate surface area is 255 Å². The molecular formula is C37H48F2N2O2. The number of carboxylic acids is 1. The fraction of sp³-hybridized carbons (Fsp3) is 0.676. The highest BCUT2D eigenvalue weighted by Crippen LogP contribution is 2.75. The van der Waals surface area contributed by atoms with Crippen molar-refractivity contribution in [1.29, 1.82) is 0 Å². The highest BCUT2D eigenvalue weighted by atomic mass is 19.1. The van der Waals surface area contributed by atoms with E-state index in [9.17, 15) is 18.7 Å². The highest BCUT2D eigenvalue weighted by Gasteiger charge is 2.69. The Morgan fingerprint density at radius 2 is 1.65 bits per heavy atom. The fourth-order valence-corrected chi connectivity index (χ4v) is 12.3. The molecule has 1 N–H and O–H groups in total. The minimum atomic E-state index is -0.631. The molecule has 5 aliphatic carbocycles. The summed E-state index contributed by atoms with van der Waals surface area (Å²) in [6, 6.07) is 3.66. The molecule has 0 radical (unpaired) electrons. The number of carbonyl (C=O) groups is 1. The van der Waals surface area contributed by atoms with Gasteiger partial charge in [0.05, 0.1) is 23.0 Å². The Morgan fingerprint density at radius 3 is 2.33 bits per heavy atom. The van der Waals surface area contributed by atoms with E-state index < -0.39 is 23.0 Å². The molecule has 7 rings (SSSR count). The van der Waals surface area contributed by atoms with E-state index in [1.165, 1.54) is 23.3 Å². The number of fused-ring (bicyclic) bond motifs is 8. The van der Waals surface area contributed by atoms with Crippen LogP contribution in [0.1, 0.15) is 105 Å². The standard InChI is InChI=1S/C37H48F2N2O2/c1-21-10-13-37(32(42)43)15-14-35(6)27(30(37)22(21)2)8-9-29-34(5)19-23-20-40-41(26-17-24(38)16-25(39)18-26)31(23)33(3,4)28(34)11-12-36(29,35)7/h8,16-18,20-22,28-30H,9-15,19H2,1-7H3,(H,42,43)/t21-,22+,28?,29-,30?,34+,35-,36-,37+/m1/s1. The van der Waals surface area contributed by atoms with Crippen LogP contribution in [-0.2, 0) is 16.6 Å². The summed E-state index contributed by atoms with van der Waals surface area (Å²) in [5.74, 6) is 0.0546. The van der Waals surface area contributed by atoms with Crippen molar-refractivity contribution in [2.24, 2.45) is 51.2 Å². The maximum Gasteiger partial charge on any atom is 0.310 e. The molecule has 9 atom stereocenters. The summed E-state index contributed by atoms with van der Waals surface area (Å²) in [6.45, 7) is 16.8. The van der Waals surface area contributed by atoms with Crippen molar-refractivity contribution in [3.8, 4) is 5.69 Å². The number of benzene rings is 1. The average molecular weight is 591 g/mol. The van der Waals surface area contributed by atoms with Crippen molar-refractivity contribution in [2.45, 2.75) is 105 Å². The molecule has 0 spiro atoms. The molecule has 0 bridgehead atoms. The van der Waals surface area contributed by atoms with Crippen LogP contribution in [0.15, 0.2) is 36.0 Å². The maximum absolute atomic E-state index is 14.3. The lowest BCUT2D eigenvalue weighted by molar-refractivity contribution is -0.179. The van der Waals surface area contributed by atoms with E-state index in [0.717, 1.165) is 63.1 Å². The van der Waals surface area contributed by atoms with Gasteiger partial charge < -0.3 is 5.11 Å². The van der Waals surface area contributed by atoms with Gasteiger partial charge in [0.1, 0.15) is 11.6 Å². The fourth-order valence-electron chi connectivity index (χ4n) is 12.3. The third-order valence-electron chi connectivity index (χ3n) is 14.7. The SMILES string of the molecule is C[C@@H]1CC[C@]2(C(=O)O)CC[C@]3(C)C(=CC[C@@H]4[C@@]5(C)Cc6cnn(-c7cc(F)cc(F)c7)c6C(C)(C)C5CC[C@]43C)C2[C@H]1C. The number of aromatic nitrogens is 2. The predicted molar refractivity (Wildman–Crippen MR) is 164 cm³/mol. The first kappa shape index (κ1) is 29.2. The van der Waals surface area contributed by atoms with Gasteiger partial charge in [-0.2, -0.15) is 5.10 Å². The van der Waals surface area contributed by atoms with Gasteiger partial charge in [-0.05, 0) is 115 Å². The maximum atomic E-state index is 14.3. The van der Waals surface area contributed by atoms with Crippen LogP contribution >= 0.6 is 0 Å². The lowest BCUT2D eigenvalue weighted by atomic mass is 9.33. The number of rotatable bonds is 2. The summed E-state index contributed by atoms with van der Waals surface area (Å²) in [4.78, 5) is 13.0. The molecule has 1 aromatic carbocycles. The Balaban J connectivity index is 1.33. The van der Waals surface area contributed by atoms with Crippen molar-refractivity contribution in [3.63, 3.8) is 0 Å². The molecule has 0 saturated heterocycles. The van der Waals surface area contributed by atoms with E-state index in [1.54, 1.807) is 4.68 Å². The van der Waals surface area contributed by atoms with Crippen LogP contribution in [0, 0.1) is 62.9 Å². The van der Waals surface area contributed by atoms with Gasteiger partial charge >= 0.3 is 5.97 Å². The van der Waals surface area contributed by atoms with E-state index in [2.05, 4.69) is 54.5 Å². The number of aliphatic carboxylic acids is 1. The summed E-state index contributed by atoms with van der Waals surface area (Å²) < 4.78 is 30.3. The summed E-state index contributed by atoms with van der Waals surface area (Å²) in [6.07, 6.45) is 12.0. The lowest BCUT2D eigenvalue weighted by Gasteiger charge is -2.70. The van der Waals surface area contributed by atoms with Crippen LogP contribution in [0.5, 0.6) is 0 Å². The van der Waals surface area contributed by atoms with Crippen LogP contribution in [0.25, 0.3) is 5.69 Å². The molecule has 2 unspecified atom stereocenters. The molecule has 1 heterocycles. The van der Waals surface area contributed by atoms with E-state index in [0.29, 0.717) is 29.4 Å². The van der Waals surface area contributed by atoms with Crippen molar-refractivity contribution >= 4 is 5.97 Å². The third kappa shape index (κ3) is 3.58. The summed E-state index contributed by atoms with van der Waals surface area (Å²) >= 11 is 0. The Bertz CT molecular complexity index is 1520. The van der Waals surface area contributed by atoms with Crippen LogP contribution < -0.4 is 0 Å². The molecule has 2 aromatic rings. The Morgan fingerprint density at radius 1 is 0.953 bits per heavy atom. The second-order valence-electron chi connectivity index (χ2n) is 16.6. The van der Waals surface area contributed by atoms with E-state index in [4.69, 9.17) is 5.10 Å². The minimum absolute atomic E-state index is 0.0163. The van der Waals surface area contributed by atoms with E-state index in [1.807, 2.05) is 6.20 Å². The summed E-state index contributed by atoms with van der Waals surface area (Å²) in [7, 11) is 0. The zero-order valence-corrected chi connectivity index (χ0v) is 26.9. The number of allylic oxidation sites excluding steroid dienone is 2. The second-order valence-corrected chi connectivity index (χ2v) is 16.6. The zero-order chi connectivity index (χ0) is 30.9. The molecule has 4 nitrogen and oxygen atoms in total. The minimum Gasteiger partial charge on any atom is -0.481 e. The quantitative estimate of drug-likeness (QED) is 0.355. The molecule has 5 aliphatic rings. The smallest absolute Gasteiger partial charge is 0.310 e. The Kier molecular flexibility index (Phi) is 6.14. The van der Waals surface area contributed by atoms with Gasteiger partial charge in [0.15, 0.2) is 0 Å². The normalized spacial score (nSPS) is 42.9. The van der Waals surface area contributed by atoms with Gasteiger partial charge in [-0.15, -0.1) is 0 Å². The molecule has 6 heteroatoms. The van der Waals surface area contributed by atoms with Gasteiger partial charge in [0, 0.05) is 11.5 Å². The number of nitrogens with zero attached hydrogens (tertiary/aromatic N) is 2. The number of hydrogen-bond donors (Lipinski definition) is 1. The lowest BCUT2D eigenvalue weighted by Crippen LogP contribution is -2.65. The number of halogens is 2. The first-order valence-electron chi connectivity index (χ1n) is 16.6. The number of hydrogen-bond acceptors (Lipinski definition) is 2. The van der Waals surface area contributed by atoms with Gasteiger partial charge in [-0.25, -0.2) is 13.5 Å². The average Bonchev–Trinajstić information content (AvgIpc) is 3.35. The predicted octanol–water partition coefficient (Wildman–Crippen LogP) is 8.91. The molecule has 0 amide bonds. The van der Waals surface area contributed by atoms with Crippen LogP contribution in [0.4, 0.5) is 8.78 Å².